The van der Waals surface area contributed by atoms with Gasteiger partial charge in [-0.05, 0) is 33.2 Å². The minimum absolute atomic E-state index is 0.0695. The molecule has 2 atom stereocenters. The molecule has 2 heterocycles. The van der Waals surface area contributed by atoms with Crippen molar-refractivity contribution >= 4 is 5.91 Å². The van der Waals surface area contributed by atoms with Crippen LogP contribution < -0.4 is 5.32 Å². The summed E-state index contributed by atoms with van der Waals surface area (Å²) in [5.74, 6) is 1.02. The van der Waals surface area contributed by atoms with Gasteiger partial charge in [0.1, 0.15) is 6.10 Å². The minimum atomic E-state index is -0.199. The van der Waals surface area contributed by atoms with E-state index >= 15 is 0 Å². The number of aromatic nitrogens is 2. The van der Waals surface area contributed by atoms with E-state index in [1.807, 2.05) is 13.8 Å². The quantitative estimate of drug-likeness (QED) is 0.834. The number of carbonyl (C=O) groups is 1. The van der Waals surface area contributed by atoms with Gasteiger partial charge in [0.15, 0.2) is 5.82 Å². The minimum Gasteiger partial charge on any atom is -0.371 e. The lowest BCUT2D eigenvalue weighted by atomic mass is 10.2. The van der Waals surface area contributed by atoms with Crippen molar-refractivity contribution in [1.29, 1.82) is 0 Å². The van der Waals surface area contributed by atoms with Gasteiger partial charge in [0, 0.05) is 13.7 Å². The Morgan fingerprint density at radius 2 is 2.45 bits per heavy atom. The molecule has 1 amide bonds. The van der Waals surface area contributed by atoms with Crippen molar-refractivity contribution in [2.24, 2.45) is 0 Å². The number of carbonyl (C=O) groups excluding carboxylic acids is 1. The van der Waals surface area contributed by atoms with Crippen LogP contribution in [0.4, 0.5) is 0 Å². The van der Waals surface area contributed by atoms with Gasteiger partial charge in [0.2, 0.25) is 11.8 Å². The van der Waals surface area contributed by atoms with Gasteiger partial charge in [0.25, 0.3) is 0 Å². The van der Waals surface area contributed by atoms with Crippen LogP contribution in [0.25, 0.3) is 0 Å². The molecule has 1 aliphatic rings. The second-order valence-corrected chi connectivity index (χ2v) is 4.99. The normalized spacial score (nSPS) is 20.1. The summed E-state index contributed by atoms with van der Waals surface area (Å²) in [7, 11) is 1.75. The average molecular weight is 282 g/mol. The molecule has 0 aromatic carbocycles. The van der Waals surface area contributed by atoms with Crippen molar-refractivity contribution in [3.05, 3.63) is 11.7 Å². The molecule has 7 nitrogen and oxygen atoms in total. The largest absolute Gasteiger partial charge is 0.371 e. The molecule has 1 aliphatic heterocycles. The monoisotopic (exact) mass is 282 g/mol. The third kappa shape index (κ3) is 3.55. The second kappa shape index (κ2) is 6.81. The first kappa shape index (κ1) is 14.9. The van der Waals surface area contributed by atoms with Gasteiger partial charge in [-0.1, -0.05) is 5.16 Å². The number of likely N-dealkylation sites (N-methyl/N-ethyl adjacent to an activating group) is 1. The van der Waals surface area contributed by atoms with Crippen molar-refractivity contribution in [2.45, 2.75) is 45.4 Å². The van der Waals surface area contributed by atoms with E-state index in [0.29, 0.717) is 24.9 Å². The van der Waals surface area contributed by atoms with Crippen LogP contribution in [-0.4, -0.2) is 47.2 Å². The summed E-state index contributed by atoms with van der Waals surface area (Å²) in [6.45, 7) is 5.61. The van der Waals surface area contributed by atoms with Gasteiger partial charge in [-0.25, -0.2) is 0 Å². The van der Waals surface area contributed by atoms with E-state index in [1.54, 1.807) is 11.9 Å². The zero-order chi connectivity index (χ0) is 14.5. The van der Waals surface area contributed by atoms with Crippen molar-refractivity contribution in [3.63, 3.8) is 0 Å². The SMILES string of the molecule is CCOC(C)c1noc(CN(C)C(=O)C2CCCN2)n1. The van der Waals surface area contributed by atoms with Gasteiger partial charge in [0.05, 0.1) is 12.6 Å². The highest BCUT2D eigenvalue weighted by atomic mass is 16.5. The highest BCUT2D eigenvalue weighted by Gasteiger charge is 2.26. The molecule has 1 fully saturated rings. The maximum Gasteiger partial charge on any atom is 0.246 e. The van der Waals surface area contributed by atoms with Gasteiger partial charge in [-0.15, -0.1) is 0 Å². The van der Waals surface area contributed by atoms with Crippen LogP contribution in [0.15, 0.2) is 4.52 Å². The fourth-order valence-corrected chi connectivity index (χ4v) is 2.26. The molecule has 7 heteroatoms. The number of rotatable bonds is 6. The van der Waals surface area contributed by atoms with E-state index in [4.69, 9.17) is 9.26 Å². The predicted molar refractivity (Wildman–Crippen MR) is 71.8 cm³/mol. The molecule has 20 heavy (non-hydrogen) atoms. The third-order valence-corrected chi connectivity index (χ3v) is 3.37. The first-order valence-corrected chi connectivity index (χ1v) is 7.04. The van der Waals surface area contributed by atoms with Crippen LogP contribution in [0, 0.1) is 0 Å². The maximum absolute atomic E-state index is 12.1. The maximum atomic E-state index is 12.1. The fourth-order valence-electron chi connectivity index (χ4n) is 2.26. The first-order valence-electron chi connectivity index (χ1n) is 7.04. The van der Waals surface area contributed by atoms with E-state index in [1.165, 1.54) is 0 Å². The molecule has 1 N–H and O–H groups in total. The highest BCUT2D eigenvalue weighted by molar-refractivity contribution is 5.81. The van der Waals surface area contributed by atoms with Gasteiger partial charge in [-0.2, -0.15) is 4.98 Å². The summed E-state index contributed by atoms with van der Waals surface area (Å²) in [6, 6.07) is -0.0789. The average Bonchev–Trinajstić information content (AvgIpc) is 3.09. The molecule has 0 aliphatic carbocycles. The Morgan fingerprint density at radius 1 is 1.65 bits per heavy atom. The zero-order valence-corrected chi connectivity index (χ0v) is 12.3. The molecule has 0 spiro atoms. The fraction of sp³-hybridized carbons (Fsp3) is 0.769. The summed E-state index contributed by atoms with van der Waals surface area (Å²) in [4.78, 5) is 18.0. The molecule has 2 unspecified atom stereocenters. The van der Waals surface area contributed by atoms with E-state index < -0.39 is 0 Å². The summed E-state index contributed by atoms with van der Waals surface area (Å²) in [6.07, 6.45) is 1.73. The Kier molecular flexibility index (Phi) is 5.08. The lowest BCUT2D eigenvalue weighted by molar-refractivity contribution is -0.132. The van der Waals surface area contributed by atoms with Crippen LogP contribution in [0.5, 0.6) is 0 Å². The number of hydrogen-bond donors (Lipinski definition) is 1. The molecule has 112 valence electrons. The van der Waals surface area contributed by atoms with Gasteiger partial charge < -0.3 is 19.5 Å². The van der Waals surface area contributed by atoms with Crippen molar-refractivity contribution in [3.8, 4) is 0 Å². The molecule has 2 rings (SSSR count). The molecule has 0 radical (unpaired) electrons. The number of nitrogens with zero attached hydrogens (tertiary/aromatic N) is 3. The number of ether oxygens (including phenoxy) is 1. The van der Waals surface area contributed by atoms with Crippen molar-refractivity contribution < 1.29 is 14.1 Å². The molecule has 0 bridgehead atoms. The Bertz CT molecular complexity index is 443. The Balaban J connectivity index is 1.90. The first-order chi connectivity index (χ1) is 9.61. The number of hydrogen-bond acceptors (Lipinski definition) is 6. The van der Waals surface area contributed by atoms with E-state index in [9.17, 15) is 4.79 Å². The van der Waals surface area contributed by atoms with E-state index in [0.717, 1.165) is 19.4 Å². The Hall–Kier alpha value is -1.47. The Labute approximate surface area is 118 Å². The highest BCUT2D eigenvalue weighted by Crippen LogP contribution is 2.14. The Morgan fingerprint density at radius 3 is 3.10 bits per heavy atom. The molecular weight excluding hydrogens is 260 g/mol. The lowest BCUT2D eigenvalue weighted by Crippen LogP contribution is -2.41. The lowest BCUT2D eigenvalue weighted by Gasteiger charge is -2.19. The smallest absolute Gasteiger partial charge is 0.246 e. The van der Waals surface area contributed by atoms with Gasteiger partial charge in [-0.3, -0.25) is 4.79 Å². The third-order valence-electron chi connectivity index (χ3n) is 3.37. The summed E-state index contributed by atoms with van der Waals surface area (Å²) >= 11 is 0. The zero-order valence-electron chi connectivity index (χ0n) is 12.3. The van der Waals surface area contributed by atoms with Crippen LogP contribution in [0.3, 0.4) is 0 Å². The van der Waals surface area contributed by atoms with Crippen LogP contribution in [0.1, 0.15) is 44.5 Å². The summed E-state index contributed by atoms with van der Waals surface area (Å²) in [5.41, 5.74) is 0. The van der Waals surface area contributed by atoms with Crippen molar-refractivity contribution in [1.82, 2.24) is 20.4 Å². The van der Waals surface area contributed by atoms with Crippen LogP contribution in [0.2, 0.25) is 0 Å². The summed E-state index contributed by atoms with van der Waals surface area (Å²) < 4.78 is 10.6. The van der Waals surface area contributed by atoms with Crippen LogP contribution >= 0.6 is 0 Å². The topological polar surface area (TPSA) is 80.5 Å². The van der Waals surface area contributed by atoms with E-state index in [-0.39, 0.29) is 18.1 Å². The molecule has 0 saturated carbocycles. The van der Waals surface area contributed by atoms with Crippen molar-refractivity contribution in [2.75, 3.05) is 20.2 Å². The molecule has 1 aromatic heterocycles. The van der Waals surface area contributed by atoms with Crippen LogP contribution in [-0.2, 0) is 16.1 Å². The standard InChI is InChI=1S/C13H22N4O3/c1-4-19-9(2)12-15-11(20-16-12)8-17(3)13(18)10-6-5-7-14-10/h9-10,14H,4-8H2,1-3H3. The number of amides is 1. The second-order valence-electron chi connectivity index (χ2n) is 4.99. The summed E-state index contributed by atoms with van der Waals surface area (Å²) in [5, 5.41) is 7.07. The molecule has 1 saturated heterocycles. The predicted octanol–water partition coefficient (Wildman–Crippen LogP) is 0.877. The van der Waals surface area contributed by atoms with Gasteiger partial charge >= 0.3 is 0 Å². The number of nitrogens with one attached hydrogen (secondary N) is 1. The molecular formula is C13H22N4O3. The molecule has 1 aromatic rings. The van der Waals surface area contributed by atoms with E-state index in [2.05, 4.69) is 15.5 Å².